The Bertz CT molecular complexity index is 1050. The number of halogens is 2. The van der Waals surface area contributed by atoms with E-state index in [1.54, 1.807) is 0 Å². The van der Waals surface area contributed by atoms with E-state index in [1.807, 2.05) is 18.2 Å². The molecule has 4 atom stereocenters. The average Bonchev–Trinajstić information content (AvgIpc) is 3.37. The van der Waals surface area contributed by atoms with Crippen LogP contribution < -0.4 is 5.32 Å². The van der Waals surface area contributed by atoms with Crippen molar-refractivity contribution in [3.05, 3.63) is 47.5 Å². The molecule has 2 saturated heterocycles. The Morgan fingerprint density at radius 1 is 1.03 bits per heavy atom. The van der Waals surface area contributed by atoms with Crippen LogP contribution in [-0.2, 0) is 4.79 Å². The van der Waals surface area contributed by atoms with Crippen molar-refractivity contribution in [3.63, 3.8) is 0 Å². The highest BCUT2D eigenvalue weighted by Gasteiger charge is 2.42. The van der Waals surface area contributed by atoms with Crippen LogP contribution >= 0.6 is 0 Å². The van der Waals surface area contributed by atoms with Gasteiger partial charge in [-0.05, 0) is 57.4 Å². The van der Waals surface area contributed by atoms with Crippen molar-refractivity contribution in [3.8, 4) is 0 Å². The predicted octanol–water partition coefficient (Wildman–Crippen LogP) is 5.95. The Hall–Kier alpha value is -2.35. The summed E-state index contributed by atoms with van der Waals surface area (Å²) in [6, 6.07) is 11.5. The zero-order valence-electron chi connectivity index (χ0n) is 22.4. The van der Waals surface area contributed by atoms with Gasteiger partial charge in [0.05, 0.1) is 6.04 Å². The van der Waals surface area contributed by atoms with Gasteiger partial charge in [-0.15, -0.1) is 10.2 Å². The van der Waals surface area contributed by atoms with Gasteiger partial charge in [-0.2, -0.15) is 0 Å². The average molecular weight is 514 g/mol. The molecule has 2 aromatic rings. The van der Waals surface area contributed by atoms with E-state index in [4.69, 9.17) is 0 Å². The van der Waals surface area contributed by atoms with Crippen molar-refractivity contribution in [2.24, 2.45) is 5.92 Å². The van der Waals surface area contributed by atoms with E-state index in [9.17, 15) is 13.6 Å². The number of piperidine rings is 1. The van der Waals surface area contributed by atoms with E-state index in [2.05, 4.69) is 57.9 Å². The van der Waals surface area contributed by atoms with E-state index < -0.39 is 5.92 Å². The van der Waals surface area contributed by atoms with Crippen LogP contribution in [0.15, 0.2) is 30.3 Å². The van der Waals surface area contributed by atoms with Crippen LogP contribution in [-0.4, -0.2) is 50.1 Å². The van der Waals surface area contributed by atoms with Crippen LogP contribution in [0.5, 0.6) is 0 Å². The van der Waals surface area contributed by atoms with Crippen molar-refractivity contribution in [1.82, 2.24) is 25.0 Å². The van der Waals surface area contributed by atoms with Gasteiger partial charge in [-0.1, -0.05) is 44.2 Å². The molecule has 3 heterocycles. The maximum absolute atomic E-state index is 13.6. The van der Waals surface area contributed by atoms with Crippen molar-refractivity contribution < 1.29 is 13.6 Å². The fourth-order valence-corrected chi connectivity index (χ4v) is 6.93. The highest BCUT2D eigenvalue weighted by atomic mass is 19.3. The van der Waals surface area contributed by atoms with Crippen molar-refractivity contribution in [2.75, 3.05) is 6.54 Å². The zero-order valence-corrected chi connectivity index (χ0v) is 22.4. The van der Waals surface area contributed by atoms with Gasteiger partial charge in [0.25, 0.3) is 0 Å². The summed E-state index contributed by atoms with van der Waals surface area (Å²) in [5.41, 5.74) is 1.08. The third-order valence-electron chi connectivity index (χ3n) is 8.92. The second-order valence-corrected chi connectivity index (χ2v) is 11.8. The Morgan fingerprint density at radius 3 is 2.30 bits per heavy atom. The lowest BCUT2D eigenvalue weighted by atomic mass is 9.86. The molecule has 3 aliphatic rings. The molecule has 1 aromatic carbocycles. The van der Waals surface area contributed by atoms with Crippen LogP contribution in [0.25, 0.3) is 0 Å². The second-order valence-electron chi connectivity index (χ2n) is 11.8. The van der Waals surface area contributed by atoms with Crippen LogP contribution in [0.4, 0.5) is 8.78 Å². The molecule has 2 aliphatic heterocycles. The number of aryl methyl sites for hydroxylation is 1. The third kappa shape index (κ3) is 5.74. The molecule has 2 bridgehead atoms. The minimum Gasteiger partial charge on any atom is -0.349 e. The number of hydrogen-bond donors (Lipinski definition) is 1. The van der Waals surface area contributed by atoms with E-state index in [0.717, 1.165) is 43.0 Å². The number of alkyl halides is 2. The lowest BCUT2D eigenvalue weighted by Crippen LogP contribution is -2.45. The number of carbonyl (C=O) groups excluding carboxylic acids is 1. The zero-order chi connectivity index (χ0) is 26.2. The van der Waals surface area contributed by atoms with Crippen molar-refractivity contribution in [2.45, 2.75) is 115 Å². The van der Waals surface area contributed by atoms with Gasteiger partial charge >= 0.3 is 0 Å². The number of nitrogens with one attached hydrogen (secondary N) is 1. The number of aromatic nitrogens is 3. The van der Waals surface area contributed by atoms with E-state index >= 15 is 0 Å². The predicted molar refractivity (Wildman–Crippen MR) is 139 cm³/mol. The summed E-state index contributed by atoms with van der Waals surface area (Å²) < 4.78 is 29.6. The lowest BCUT2D eigenvalue weighted by Gasteiger charge is -2.40. The summed E-state index contributed by atoms with van der Waals surface area (Å²) >= 11 is 0. The summed E-state index contributed by atoms with van der Waals surface area (Å²) in [5, 5.41) is 12.1. The molecule has 1 saturated carbocycles. The molecule has 5 rings (SSSR count). The molecule has 1 unspecified atom stereocenters. The Kier molecular flexibility index (Phi) is 7.66. The topological polar surface area (TPSA) is 63.1 Å². The molecule has 1 aromatic heterocycles. The number of amides is 1. The summed E-state index contributed by atoms with van der Waals surface area (Å²) in [7, 11) is 0. The van der Waals surface area contributed by atoms with Gasteiger partial charge < -0.3 is 9.88 Å². The molecular weight excluding hydrogens is 472 g/mol. The first-order valence-electron chi connectivity index (χ1n) is 14.1. The molecule has 3 fully saturated rings. The molecule has 1 amide bonds. The number of carbonyl (C=O) groups is 1. The highest BCUT2D eigenvalue weighted by Crippen LogP contribution is 2.42. The molecule has 6 nitrogen and oxygen atoms in total. The fourth-order valence-electron chi connectivity index (χ4n) is 6.93. The van der Waals surface area contributed by atoms with Crippen LogP contribution in [0, 0.1) is 12.8 Å². The standard InChI is InChI=1S/C29H41F2N5O/c1-19(2)27-34-33-20(3)36(27)25-17-23-9-10-24(18-25)35(23)16-13-26(21-7-5-4-6-8-21)32-28(37)22-11-14-29(30,31)15-12-22/h4-8,19,22-26H,9-18H2,1-3H3,(H,32,37)/t23-,24+,25?,26-/m0/s1. The van der Waals surface area contributed by atoms with Crippen LogP contribution in [0.3, 0.4) is 0 Å². The van der Waals surface area contributed by atoms with Gasteiger partial charge in [-0.3, -0.25) is 9.69 Å². The molecule has 202 valence electrons. The number of benzene rings is 1. The molecule has 0 radical (unpaired) electrons. The van der Waals surface area contributed by atoms with E-state index in [-0.39, 0.29) is 43.6 Å². The molecule has 8 heteroatoms. The first kappa shape index (κ1) is 26.3. The summed E-state index contributed by atoms with van der Waals surface area (Å²) in [6.45, 7) is 7.34. The van der Waals surface area contributed by atoms with Gasteiger partial charge in [0.2, 0.25) is 11.8 Å². The molecular formula is C29H41F2N5O. The van der Waals surface area contributed by atoms with Crippen molar-refractivity contribution in [1.29, 1.82) is 0 Å². The monoisotopic (exact) mass is 513 g/mol. The second kappa shape index (κ2) is 10.8. The number of rotatable bonds is 8. The maximum atomic E-state index is 13.6. The van der Waals surface area contributed by atoms with Gasteiger partial charge in [0.15, 0.2) is 0 Å². The highest BCUT2D eigenvalue weighted by molar-refractivity contribution is 5.79. The normalized spacial score (nSPS) is 26.9. The Labute approximate surface area is 219 Å². The van der Waals surface area contributed by atoms with Gasteiger partial charge in [0, 0.05) is 49.3 Å². The summed E-state index contributed by atoms with van der Waals surface area (Å²) in [6.07, 6.45) is 5.59. The van der Waals surface area contributed by atoms with Gasteiger partial charge in [0.1, 0.15) is 11.6 Å². The minimum atomic E-state index is -2.62. The molecule has 1 aliphatic carbocycles. The fraction of sp³-hybridized carbons (Fsp3) is 0.690. The first-order valence-corrected chi connectivity index (χ1v) is 14.1. The SMILES string of the molecule is Cc1nnc(C(C)C)n1C1C[C@H]2CC[C@@H](C1)N2CC[C@H](NC(=O)C1CCC(F)(F)CC1)c1ccccc1. The first-order chi connectivity index (χ1) is 17.7. The smallest absolute Gasteiger partial charge is 0.248 e. The van der Waals surface area contributed by atoms with E-state index in [1.165, 1.54) is 12.8 Å². The lowest BCUT2D eigenvalue weighted by molar-refractivity contribution is -0.130. The summed E-state index contributed by atoms with van der Waals surface area (Å²) in [5.74, 6) is -0.572. The van der Waals surface area contributed by atoms with Crippen molar-refractivity contribution >= 4 is 5.91 Å². The third-order valence-corrected chi connectivity index (χ3v) is 8.92. The van der Waals surface area contributed by atoms with Gasteiger partial charge in [-0.25, -0.2) is 8.78 Å². The molecule has 1 N–H and O–H groups in total. The Morgan fingerprint density at radius 2 is 1.68 bits per heavy atom. The molecule has 0 spiro atoms. The number of fused-ring (bicyclic) bond motifs is 2. The Balaban J connectivity index is 1.24. The van der Waals surface area contributed by atoms with Crippen LogP contribution in [0.1, 0.15) is 107 Å². The van der Waals surface area contributed by atoms with E-state index in [0.29, 0.717) is 24.0 Å². The summed E-state index contributed by atoms with van der Waals surface area (Å²) in [4.78, 5) is 15.8. The number of hydrogen-bond acceptors (Lipinski definition) is 4. The maximum Gasteiger partial charge on any atom is 0.248 e. The van der Waals surface area contributed by atoms with Crippen LogP contribution in [0.2, 0.25) is 0 Å². The molecule has 37 heavy (non-hydrogen) atoms. The number of nitrogens with zero attached hydrogens (tertiary/aromatic N) is 4. The minimum absolute atomic E-state index is 0.0738. The largest absolute Gasteiger partial charge is 0.349 e. The quantitative estimate of drug-likeness (QED) is 0.474.